The third kappa shape index (κ3) is 2.25. The van der Waals surface area contributed by atoms with Crippen molar-refractivity contribution in [2.24, 2.45) is 0 Å². The van der Waals surface area contributed by atoms with Crippen molar-refractivity contribution in [3.63, 3.8) is 0 Å². The first-order valence-corrected chi connectivity index (χ1v) is 7.14. The number of aryl methyl sites for hydroxylation is 1. The third-order valence-electron chi connectivity index (χ3n) is 4.53. The minimum Gasteiger partial charge on any atom is -0.300 e. The average Bonchev–Trinajstić information content (AvgIpc) is 2.76. The van der Waals surface area contributed by atoms with Gasteiger partial charge in [-0.1, -0.05) is 13.3 Å². The normalized spacial score (nSPS) is 23.8. The summed E-state index contributed by atoms with van der Waals surface area (Å²) in [4.78, 5) is 2.70. The average molecular weight is 233 g/mol. The fourth-order valence-electron chi connectivity index (χ4n) is 3.03. The lowest BCUT2D eigenvalue weighted by molar-refractivity contribution is 0.0842. The number of nitrogens with zero attached hydrogens (tertiary/aromatic N) is 3. The lowest BCUT2D eigenvalue weighted by atomic mass is 9.89. The summed E-state index contributed by atoms with van der Waals surface area (Å²) in [5, 5.41) is 4.51. The van der Waals surface area contributed by atoms with Crippen molar-refractivity contribution in [1.82, 2.24) is 14.7 Å². The largest absolute Gasteiger partial charge is 0.300 e. The molecule has 1 aromatic heterocycles. The van der Waals surface area contributed by atoms with E-state index in [-0.39, 0.29) is 0 Å². The zero-order chi connectivity index (χ0) is 11.7. The quantitative estimate of drug-likeness (QED) is 0.800. The standard InChI is InChI=1S/C14H23N3/c1-2-12-10-15-17(11-12)14-6-8-16(9-7-14)13-4-3-5-13/h10-11,13-14H,2-9H2,1H3. The Kier molecular flexibility index (Phi) is 3.19. The molecule has 0 amide bonds. The van der Waals surface area contributed by atoms with Crippen molar-refractivity contribution in [2.45, 2.75) is 57.5 Å². The fraction of sp³-hybridized carbons (Fsp3) is 0.786. The van der Waals surface area contributed by atoms with E-state index >= 15 is 0 Å². The van der Waals surface area contributed by atoms with Gasteiger partial charge in [0.1, 0.15) is 0 Å². The third-order valence-corrected chi connectivity index (χ3v) is 4.53. The SMILES string of the molecule is CCc1cnn(C2CCN(C3CCC3)CC2)c1. The Morgan fingerprint density at radius 1 is 1.18 bits per heavy atom. The maximum absolute atomic E-state index is 4.51. The van der Waals surface area contributed by atoms with Gasteiger partial charge in [-0.2, -0.15) is 5.10 Å². The van der Waals surface area contributed by atoms with Crippen LogP contribution in [0.4, 0.5) is 0 Å². The molecule has 0 N–H and O–H groups in total. The van der Waals surface area contributed by atoms with Crippen LogP contribution in [-0.2, 0) is 6.42 Å². The van der Waals surface area contributed by atoms with Gasteiger partial charge in [0.05, 0.1) is 12.2 Å². The zero-order valence-electron chi connectivity index (χ0n) is 10.8. The summed E-state index contributed by atoms with van der Waals surface area (Å²) in [6, 6.07) is 1.56. The zero-order valence-corrected chi connectivity index (χ0v) is 10.8. The molecular formula is C14H23N3. The topological polar surface area (TPSA) is 21.1 Å². The maximum Gasteiger partial charge on any atom is 0.0543 e. The molecule has 2 aliphatic rings. The molecule has 0 unspecified atom stereocenters. The second-order valence-electron chi connectivity index (χ2n) is 5.53. The summed E-state index contributed by atoms with van der Waals surface area (Å²) in [5.41, 5.74) is 1.37. The molecule has 0 bridgehead atoms. The highest BCUT2D eigenvalue weighted by Gasteiger charge is 2.29. The van der Waals surface area contributed by atoms with Crippen LogP contribution in [0.2, 0.25) is 0 Å². The van der Waals surface area contributed by atoms with Crippen LogP contribution < -0.4 is 0 Å². The lowest BCUT2D eigenvalue weighted by Gasteiger charge is -2.41. The van der Waals surface area contributed by atoms with Crippen LogP contribution in [0.3, 0.4) is 0 Å². The molecule has 0 spiro atoms. The van der Waals surface area contributed by atoms with Gasteiger partial charge in [-0.15, -0.1) is 0 Å². The van der Waals surface area contributed by atoms with Gasteiger partial charge in [0.2, 0.25) is 0 Å². The number of hydrogen-bond donors (Lipinski definition) is 0. The molecule has 3 nitrogen and oxygen atoms in total. The highest BCUT2D eigenvalue weighted by Crippen LogP contribution is 2.30. The Morgan fingerprint density at radius 3 is 2.47 bits per heavy atom. The Morgan fingerprint density at radius 2 is 1.94 bits per heavy atom. The molecule has 3 heteroatoms. The monoisotopic (exact) mass is 233 g/mol. The molecule has 0 atom stereocenters. The Bertz CT molecular complexity index is 359. The van der Waals surface area contributed by atoms with Crippen LogP contribution in [0.25, 0.3) is 0 Å². The van der Waals surface area contributed by atoms with Crippen LogP contribution in [0, 0.1) is 0 Å². The van der Waals surface area contributed by atoms with Gasteiger partial charge in [0.15, 0.2) is 0 Å². The molecule has 2 heterocycles. The number of likely N-dealkylation sites (tertiary alicyclic amines) is 1. The van der Waals surface area contributed by atoms with E-state index in [1.807, 2.05) is 6.20 Å². The molecule has 1 aliphatic heterocycles. The van der Waals surface area contributed by atoms with E-state index in [9.17, 15) is 0 Å². The van der Waals surface area contributed by atoms with E-state index in [1.54, 1.807) is 0 Å². The minimum atomic E-state index is 0.645. The van der Waals surface area contributed by atoms with Crippen LogP contribution in [0.1, 0.15) is 50.6 Å². The molecule has 1 saturated heterocycles. The van der Waals surface area contributed by atoms with Gasteiger partial charge in [-0.3, -0.25) is 4.68 Å². The number of rotatable bonds is 3. The molecule has 3 rings (SSSR count). The van der Waals surface area contributed by atoms with E-state index in [1.165, 1.54) is 50.8 Å². The summed E-state index contributed by atoms with van der Waals surface area (Å²) in [6.45, 7) is 4.74. The van der Waals surface area contributed by atoms with Crippen LogP contribution >= 0.6 is 0 Å². The second kappa shape index (κ2) is 4.81. The Balaban J connectivity index is 1.56. The van der Waals surface area contributed by atoms with E-state index in [0.717, 1.165) is 12.5 Å². The Labute approximate surface area is 104 Å². The highest BCUT2D eigenvalue weighted by molar-refractivity contribution is 5.04. The van der Waals surface area contributed by atoms with E-state index in [2.05, 4.69) is 27.8 Å². The van der Waals surface area contributed by atoms with Gasteiger partial charge in [0, 0.05) is 25.3 Å². The van der Waals surface area contributed by atoms with Gasteiger partial charge >= 0.3 is 0 Å². The van der Waals surface area contributed by atoms with Crippen molar-refractivity contribution >= 4 is 0 Å². The van der Waals surface area contributed by atoms with E-state index < -0.39 is 0 Å². The molecule has 17 heavy (non-hydrogen) atoms. The fourth-order valence-corrected chi connectivity index (χ4v) is 3.03. The summed E-state index contributed by atoms with van der Waals surface area (Å²) in [6.07, 6.45) is 12.2. The molecule has 0 radical (unpaired) electrons. The number of piperidine rings is 1. The molecule has 1 saturated carbocycles. The first-order valence-electron chi connectivity index (χ1n) is 7.14. The number of hydrogen-bond acceptors (Lipinski definition) is 2. The maximum atomic E-state index is 4.51. The van der Waals surface area contributed by atoms with Crippen molar-refractivity contribution in [3.05, 3.63) is 18.0 Å². The van der Waals surface area contributed by atoms with Gasteiger partial charge < -0.3 is 4.90 Å². The first kappa shape index (κ1) is 11.3. The molecule has 2 fully saturated rings. The van der Waals surface area contributed by atoms with Crippen LogP contribution in [0.5, 0.6) is 0 Å². The minimum absolute atomic E-state index is 0.645. The molecule has 1 aromatic rings. The van der Waals surface area contributed by atoms with Gasteiger partial charge in [-0.25, -0.2) is 0 Å². The summed E-state index contributed by atoms with van der Waals surface area (Å²) in [7, 11) is 0. The predicted molar refractivity (Wildman–Crippen MR) is 69.1 cm³/mol. The smallest absolute Gasteiger partial charge is 0.0543 e. The second-order valence-corrected chi connectivity index (χ2v) is 5.53. The van der Waals surface area contributed by atoms with Crippen molar-refractivity contribution in [2.75, 3.05) is 13.1 Å². The van der Waals surface area contributed by atoms with Crippen LogP contribution in [0.15, 0.2) is 12.4 Å². The summed E-state index contributed by atoms with van der Waals surface area (Å²) >= 11 is 0. The van der Waals surface area contributed by atoms with E-state index in [0.29, 0.717) is 6.04 Å². The molecule has 94 valence electrons. The summed E-state index contributed by atoms with van der Waals surface area (Å²) in [5.74, 6) is 0. The lowest BCUT2D eigenvalue weighted by Crippen LogP contribution is -2.45. The summed E-state index contributed by atoms with van der Waals surface area (Å²) < 4.78 is 2.21. The predicted octanol–water partition coefficient (Wildman–Crippen LogP) is 2.63. The van der Waals surface area contributed by atoms with Crippen LogP contribution in [-0.4, -0.2) is 33.8 Å². The Hall–Kier alpha value is -0.830. The molecule has 0 aromatic carbocycles. The highest BCUT2D eigenvalue weighted by atomic mass is 15.3. The number of aromatic nitrogens is 2. The van der Waals surface area contributed by atoms with Gasteiger partial charge in [-0.05, 0) is 37.7 Å². The van der Waals surface area contributed by atoms with Crippen molar-refractivity contribution in [3.8, 4) is 0 Å². The molecular weight excluding hydrogens is 210 g/mol. The molecule has 1 aliphatic carbocycles. The van der Waals surface area contributed by atoms with E-state index in [4.69, 9.17) is 0 Å². The van der Waals surface area contributed by atoms with Crippen molar-refractivity contribution < 1.29 is 0 Å². The first-order chi connectivity index (χ1) is 8.36. The van der Waals surface area contributed by atoms with Crippen molar-refractivity contribution in [1.29, 1.82) is 0 Å². The van der Waals surface area contributed by atoms with Gasteiger partial charge in [0.25, 0.3) is 0 Å².